The van der Waals surface area contributed by atoms with Crippen molar-refractivity contribution >= 4 is 5.97 Å². The van der Waals surface area contributed by atoms with E-state index in [-0.39, 0.29) is 0 Å². The minimum Gasteiger partial charge on any atom is -0.481 e. The van der Waals surface area contributed by atoms with E-state index in [0.717, 1.165) is 36.8 Å². The van der Waals surface area contributed by atoms with Crippen molar-refractivity contribution in [2.45, 2.75) is 50.9 Å². The molecule has 17 heavy (non-hydrogen) atoms. The van der Waals surface area contributed by atoms with Crippen LogP contribution in [-0.2, 0) is 10.2 Å². The molecule has 0 aromatic carbocycles. The van der Waals surface area contributed by atoms with Crippen LogP contribution in [0.4, 0.5) is 0 Å². The Bertz CT molecular complexity index is 420. The van der Waals surface area contributed by atoms with E-state index in [4.69, 9.17) is 0 Å². The lowest BCUT2D eigenvalue weighted by Crippen LogP contribution is -2.34. The topological polar surface area (TPSA) is 50.2 Å². The number of rotatable bonds is 3. The molecule has 0 atom stereocenters. The highest BCUT2D eigenvalue weighted by molar-refractivity contribution is 5.82. The summed E-state index contributed by atoms with van der Waals surface area (Å²) in [6, 6.07) is 1.96. The maximum Gasteiger partial charge on any atom is 0.314 e. The van der Waals surface area contributed by atoms with E-state index in [2.05, 4.69) is 18.8 Å². The average molecular weight is 233 g/mol. The van der Waals surface area contributed by atoms with Crippen LogP contribution >= 0.6 is 0 Å². The first-order valence-corrected chi connectivity index (χ1v) is 6.26. The molecule has 1 aliphatic carbocycles. The van der Waals surface area contributed by atoms with Crippen molar-refractivity contribution in [3.05, 3.63) is 29.6 Å². The van der Waals surface area contributed by atoms with Crippen LogP contribution in [-0.4, -0.2) is 16.1 Å². The van der Waals surface area contributed by atoms with Gasteiger partial charge in [-0.1, -0.05) is 26.7 Å². The molecule has 1 aromatic heterocycles. The Balaban J connectivity index is 2.54. The Labute approximate surface area is 102 Å². The third kappa shape index (κ3) is 1.94. The quantitative estimate of drug-likeness (QED) is 0.872. The summed E-state index contributed by atoms with van der Waals surface area (Å²) in [5, 5.41) is 9.60. The second-order valence-electron chi connectivity index (χ2n) is 5.21. The van der Waals surface area contributed by atoms with Crippen LogP contribution in [0, 0.1) is 0 Å². The van der Waals surface area contributed by atoms with Gasteiger partial charge in [-0.3, -0.25) is 9.78 Å². The number of carboxylic acid groups (broad SMARTS) is 1. The van der Waals surface area contributed by atoms with Crippen molar-refractivity contribution in [2.75, 3.05) is 0 Å². The Morgan fingerprint density at radius 2 is 2.06 bits per heavy atom. The van der Waals surface area contributed by atoms with Gasteiger partial charge in [-0.15, -0.1) is 0 Å². The molecule has 0 radical (unpaired) electrons. The van der Waals surface area contributed by atoms with Crippen LogP contribution in [0.5, 0.6) is 0 Å². The SMILES string of the molecule is CC(C)c1ccncc1C1(C(=O)O)CCCC1. The molecule has 1 N–H and O–H groups in total. The predicted octanol–water partition coefficient (Wildman–Crippen LogP) is 3.10. The van der Waals surface area contributed by atoms with Crippen molar-refractivity contribution in [3.63, 3.8) is 0 Å². The molecule has 0 saturated heterocycles. The van der Waals surface area contributed by atoms with Gasteiger partial charge >= 0.3 is 5.97 Å². The molecule has 92 valence electrons. The fraction of sp³-hybridized carbons (Fsp3) is 0.571. The molecule has 0 spiro atoms. The molecular weight excluding hydrogens is 214 g/mol. The van der Waals surface area contributed by atoms with Crippen molar-refractivity contribution in [1.82, 2.24) is 4.98 Å². The lowest BCUT2D eigenvalue weighted by Gasteiger charge is -2.27. The molecule has 1 heterocycles. The molecule has 0 amide bonds. The van der Waals surface area contributed by atoms with Crippen LogP contribution in [0.2, 0.25) is 0 Å². The van der Waals surface area contributed by atoms with Gasteiger partial charge in [0.15, 0.2) is 0 Å². The zero-order chi connectivity index (χ0) is 12.5. The van der Waals surface area contributed by atoms with E-state index >= 15 is 0 Å². The number of hydrogen-bond acceptors (Lipinski definition) is 2. The second kappa shape index (κ2) is 4.47. The summed E-state index contributed by atoms with van der Waals surface area (Å²) in [4.78, 5) is 15.8. The number of carboxylic acids is 1. The van der Waals surface area contributed by atoms with Gasteiger partial charge in [0.05, 0.1) is 5.41 Å². The van der Waals surface area contributed by atoms with E-state index < -0.39 is 11.4 Å². The maximum absolute atomic E-state index is 11.7. The molecule has 3 heteroatoms. The Morgan fingerprint density at radius 3 is 2.59 bits per heavy atom. The summed E-state index contributed by atoms with van der Waals surface area (Å²) in [5.74, 6) is -0.352. The van der Waals surface area contributed by atoms with Gasteiger partial charge in [0, 0.05) is 12.4 Å². The van der Waals surface area contributed by atoms with Crippen LogP contribution in [0.15, 0.2) is 18.5 Å². The Morgan fingerprint density at radius 1 is 1.41 bits per heavy atom. The third-order valence-electron chi connectivity index (χ3n) is 3.86. The smallest absolute Gasteiger partial charge is 0.314 e. The van der Waals surface area contributed by atoms with E-state index in [9.17, 15) is 9.90 Å². The van der Waals surface area contributed by atoms with Crippen LogP contribution in [0.3, 0.4) is 0 Å². The standard InChI is InChI=1S/C14H19NO2/c1-10(2)11-5-8-15-9-12(11)14(13(16)17)6-3-4-7-14/h5,8-10H,3-4,6-7H2,1-2H3,(H,16,17). The van der Waals surface area contributed by atoms with Gasteiger partial charge in [-0.05, 0) is 36.0 Å². The summed E-state index contributed by atoms with van der Waals surface area (Å²) in [6.45, 7) is 4.20. The first-order chi connectivity index (χ1) is 8.08. The monoisotopic (exact) mass is 233 g/mol. The first-order valence-electron chi connectivity index (χ1n) is 6.26. The van der Waals surface area contributed by atoms with Gasteiger partial charge in [-0.2, -0.15) is 0 Å². The molecule has 1 saturated carbocycles. The predicted molar refractivity (Wildman–Crippen MR) is 66.1 cm³/mol. The fourth-order valence-electron chi connectivity index (χ4n) is 2.89. The minimum atomic E-state index is -0.690. The van der Waals surface area contributed by atoms with Crippen molar-refractivity contribution < 1.29 is 9.90 Å². The zero-order valence-electron chi connectivity index (χ0n) is 10.4. The number of nitrogens with zero attached hydrogens (tertiary/aromatic N) is 1. The highest BCUT2D eigenvalue weighted by Crippen LogP contribution is 2.43. The molecule has 0 bridgehead atoms. The lowest BCUT2D eigenvalue weighted by atomic mass is 9.76. The summed E-state index contributed by atoms with van der Waals surface area (Å²) in [7, 11) is 0. The minimum absolute atomic E-state index is 0.338. The summed E-state index contributed by atoms with van der Waals surface area (Å²) < 4.78 is 0. The fourth-order valence-corrected chi connectivity index (χ4v) is 2.89. The average Bonchev–Trinajstić information content (AvgIpc) is 2.79. The van der Waals surface area contributed by atoms with Crippen molar-refractivity contribution in [1.29, 1.82) is 0 Å². The summed E-state index contributed by atoms with van der Waals surface area (Å²) in [5.41, 5.74) is 1.37. The molecule has 3 nitrogen and oxygen atoms in total. The summed E-state index contributed by atoms with van der Waals surface area (Å²) >= 11 is 0. The number of pyridine rings is 1. The van der Waals surface area contributed by atoms with Crippen LogP contribution in [0.1, 0.15) is 56.6 Å². The molecular formula is C14H19NO2. The van der Waals surface area contributed by atoms with Crippen LogP contribution in [0.25, 0.3) is 0 Å². The van der Waals surface area contributed by atoms with Gasteiger partial charge < -0.3 is 5.11 Å². The van der Waals surface area contributed by atoms with E-state index in [1.165, 1.54) is 0 Å². The van der Waals surface area contributed by atoms with E-state index in [1.807, 2.05) is 6.07 Å². The molecule has 0 aliphatic heterocycles. The lowest BCUT2D eigenvalue weighted by molar-refractivity contribution is -0.143. The highest BCUT2D eigenvalue weighted by atomic mass is 16.4. The van der Waals surface area contributed by atoms with Gasteiger partial charge in [0.2, 0.25) is 0 Å². The third-order valence-corrected chi connectivity index (χ3v) is 3.86. The number of hydrogen-bond donors (Lipinski definition) is 1. The zero-order valence-corrected chi connectivity index (χ0v) is 10.4. The molecule has 0 unspecified atom stereocenters. The van der Waals surface area contributed by atoms with Gasteiger partial charge in [-0.25, -0.2) is 0 Å². The number of aliphatic carboxylic acids is 1. The van der Waals surface area contributed by atoms with Crippen LogP contribution < -0.4 is 0 Å². The molecule has 1 aliphatic rings. The maximum atomic E-state index is 11.7. The normalized spacial score (nSPS) is 18.5. The largest absolute Gasteiger partial charge is 0.481 e. The second-order valence-corrected chi connectivity index (χ2v) is 5.21. The number of carbonyl (C=O) groups is 1. The number of aromatic nitrogens is 1. The van der Waals surface area contributed by atoms with E-state index in [0.29, 0.717) is 5.92 Å². The van der Waals surface area contributed by atoms with Crippen molar-refractivity contribution in [2.24, 2.45) is 0 Å². The van der Waals surface area contributed by atoms with Crippen molar-refractivity contribution in [3.8, 4) is 0 Å². The highest BCUT2D eigenvalue weighted by Gasteiger charge is 2.44. The summed E-state index contributed by atoms with van der Waals surface area (Å²) in [6.07, 6.45) is 7.00. The molecule has 1 aromatic rings. The molecule has 1 fully saturated rings. The van der Waals surface area contributed by atoms with E-state index in [1.54, 1.807) is 12.4 Å². The van der Waals surface area contributed by atoms with Gasteiger partial charge in [0.25, 0.3) is 0 Å². The first kappa shape index (κ1) is 12.1. The van der Waals surface area contributed by atoms with Gasteiger partial charge in [0.1, 0.15) is 0 Å². The molecule has 2 rings (SSSR count). The Hall–Kier alpha value is -1.38. The Kier molecular flexibility index (Phi) is 3.18.